The van der Waals surface area contributed by atoms with Crippen LogP contribution in [0.2, 0.25) is 0 Å². The number of rotatable bonds is 2. The number of H-pyrrole nitrogens is 1. The van der Waals surface area contributed by atoms with Crippen molar-refractivity contribution in [1.82, 2.24) is 15.1 Å². The van der Waals surface area contributed by atoms with Gasteiger partial charge in [0.2, 0.25) is 5.91 Å². The largest absolute Gasteiger partial charge is 0.334 e. The summed E-state index contributed by atoms with van der Waals surface area (Å²) in [7, 11) is 0. The Morgan fingerprint density at radius 2 is 2.38 bits per heavy atom. The number of aromatic nitrogens is 2. The Hall–Kier alpha value is -1.32. The van der Waals surface area contributed by atoms with Gasteiger partial charge in [0.15, 0.2) is 0 Å². The molecule has 1 amide bonds. The second-order valence-electron chi connectivity index (χ2n) is 4.81. The third-order valence-corrected chi connectivity index (χ3v) is 3.23. The molecular formula is C12H19N3O. The zero-order valence-corrected chi connectivity index (χ0v) is 10.2. The summed E-state index contributed by atoms with van der Waals surface area (Å²) >= 11 is 0. The SMILES string of the molecule is Cc1cn[nH]c1[C@@H]1CCCN1C(=O)C(C)C. The molecule has 0 radical (unpaired) electrons. The predicted octanol–water partition coefficient (Wildman–Crippen LogP) is 2.04. The fourth-order valence-electron chi connectivity index (χ4n) is 2.36. The van der Waals surface area contributed by atoms with E-state index in [2.05, 4.69) is 10.2 Å². The molecule has 0 aliphatic carbocycles. The van der Waals surface area contributed by atoms with Gasteiger partial charge in [-0.1, -0.05) is 13.8 Å². The first kappa shape index (κ1) is 11.2. The van der Waals surface area contributed by atoms with E-state index in [0.29, 0.717) is 0 Å². The molecule has 2 rings (SSSR count). The molecule has 0 unspecified atom stereocenters. The molecule has 0 bridgehead atoms. The molecule has 88 valence electrons. The second kappa shape index (κ2) is 4.28. The highest BCUT2D eigenvalue weighted by molar-refractivity contribution is 5.78. The third-order valence-electron chi connectivity index (χ3n) is 3.23. The van der Waals surface area contributed by atoms with Gasteiger partial charge in [0.1, 0.15) is 0 Å². The fraction of sp³-hybridized carbons (Fsp3) is 0.667. The quantitative estimate of drug-likeness (QED) is 0.830. The van der Waals surface area contributed by atoms with Gasteiger partial charge in [0.25, 0.3) is 0 Å². The molecule has 2 heterocycles. The molecule has 1 atom stereocenters. The van der Waals surface area contributed by atoms with Crippen LogP contribution in [0.4, 0.5) is 0 Å². The van der Waals surface area contributed by atoms with Crippen LogP contribution in [0.1, 0.15) is 44.0 Å². The average molecular weight is 221 g/mol. The van der Waals surface area contributed by atoms with Gasteiger partial charge in [-0.3, -0.25) is 9.89 Å². The molecule has 0 saturated carbocycles. The van der Waals surface area contributed by atoms with E-state index in [4.69, 9.17) is 0 Å². The molecule has 1 fully saturated rings. The maximum Gasteiger partial charge on any atom is 0.225 e. The van der Waals surface area contributed by atoms with E-state index < -0.39 is 0 Å². The summed E-state index contributed by atoms with van der Waals surface area (Å²) in [5.41, 5.74) is 2.25. The van der Waals surface area contributed by atoms with Gasteiger partial charge in [-0.2, -0.15) is 5.10 Å². The smallest absolute Gasteiger partial charge is 0.225 e. The molecule has 16 heavy (non-hydrogen) atoms. The maximum absolute atomic E-state index is 12.1. The lowest BCUT2D eigenvalue weighted by Crippen LogP contribution is -2.34. The summed E-state index contributed by atoms with van der Waals surface area (Å²) in [4.78, 5) is 14.0. The van der Waals surface area contributed by atoms with Gasteiger partial charge in [-0.25, -0.2) is 0 Å². The minimum Gasteiger partial charge on any atom is -0.334 e. The number of carbonyl (C=O) groups is 1. The van der Waals surface area contributed by atoms with Crippen molar-refractivity contribution < 1.29 is 4.79 Å². The van der Waals surface area contributed by atoms with Gasteiger partial charge in [0, 0.05) is 12.5 Å². The lowest BCUT2D eigenvalue weighted by Gasteiger charge is -2.26. The number of aromatic amines is 1. The molecule has 1 aliphatic rings. The van der Waals surface area contributed by atoms with Gasteiger partial charge >= 0.3 is 0 Å². The number of hydrogen-bond donors (Lipinski definition) is 1. The third kappa shape index (κ3) is 1.84. The van der Waals surface area contributed by atoms with Crippen LogP contribution in [-0.2, 0) is 4.79 Å². The van der Waals surface area contributed by atoms with Crippen LogP contribution in [0.15, 0.2) is 6.20 Å². The lowest BCUT2D eigenvalue weighted by molar-refractivity contribution is -0.135. The minimum atomic E-state index is 0.0730. The van der Waals surface area contributed by atoms with Crippen molar-refractivity contribution >= 4 is 5.91 Å². The van der Waals surface area contributed by atoms with Crippen molar-refractivity contribution in [3.63, 3.8) is 0 Å². The van der Waals surface area contributed by atoms with Gasteiger partial charge < -0.3 is 4.90 Å². The van der Waals surface area contributed by atoms with Crippen molar-refractivity contribution in [3.05, 3.63) is 17.5 Å². The van der Waals surface area contributed by atoms with E-state index in [-0.39, 0.29) is 17.9 Å². The molecule has 4 nitrogen and oxygen atoms in total. The normalized spacial score (nSPS) is 20.8. The van der Waals surface area contributed by atoms with Crippen molar-refractivity contribution in [2.75, 3.05) is 6.54 Å². The number of aryl methyl sites for hydroxylation is 1. The summed E-state index contributed by atoms with van der Waals surface area (Å²) in [5.74, 6) is 0.320. The van der Waals surface area contributed by atoms with Crippen LogP contribution < -0.4 is 0 Å². The van der Waals surface area contributed by atoms with Crippen LogP contribution >= 0.6 is 0 Å². The Kier molecular flexibility index (Phi) is 2.99. The van der Waals surface area contributed by atoms with Crippen LogP contribution in [0.5, 0.6) is 0 Å². The summed E-state index contributed by atoms with van der Waals surface area (Å²) in [6.07, 6.45) is 3.95. The fourth-order valence-corrected chi connectivity index (χ4v) is 2.36. The van der Waals surface area contributed by atoms with Gasteiger partial charge in [-0.15, -0.1) is 0 Å². The molecule has 1 saturated heterocycles. The van der Waals surface area contributed by atoms with Gasteiger partial charge in [0.05, 0.1) is 17.9 Å². The summed E-state index contributed by atoms with van der Waals surface area (Å²) < 4.78 is 0. The van der Waals surface area contributed by atoms with E-state index in [0.717, 1.165) is 30.6 Å². The van der Waals surface area contributed by atoms with E-state index >= 15 is 0 Å². The first-order chi connectivity index (χ1) is 7.61. The lowest BCUT2D eigenvalue weighted by atomic mass is 10.1. The molecule has 1 aromatic rings. The van der Waals surface area contributed by atoms with E-state index in [1.165, 1.54) is 0 Å². The number of likely N-dealkylation sites (tertiary alicyclic amines) is 1. The van der Waals surface area contributed by atoms with Crippen molar-refractivity contribution in [1.29, 1.82) is 0 Å². The summed E-state index contributed by atoms with van der Waals surface area (Å²) in [5, 5.41) is 7.07. The van der Waals surface area contributed by atoms with Crippen LogP contribution in [0.3, 0.4) is 0 Å². The molecule has 0 aromatic carbocycles. The van der Waals surface area contributed by atoms with Gasteiger partial charge in [-0.05, 0) is 25.3 Å². The standard InChI is InChI=1S/C12H19N3O/c1-8(2)12(16)15-6-4-5-10(15)11-9(3)7-13-14-11/h7-8,10H,4-6H2,1-3H3,(H,13,14)/t10-/m0/s1. The number of carbonyl (C=O) groups excluding carboxylic acids is 1. The molecule has 4 heteroatoms. The molecule has 1 N–H and O–H groups in total. The predicted molar refractivity (Wildman–Crippen MR) is 61.9 cm³/mol. The highest BCUT2D eigenvalue weighted by Gasteiger charge is 2.32. The van der Waals surface area contributed by atoms with E-state index in [1.54, 1.807) is 0 Å². The number of amides is 1. The second-order valence-corrected chi connectivity index (χ2v) is 4.81. The van der Waals surface area contributed by atoms with Crippen LogP contribution in [-0.4, -0.2) is 27.5 Å². The monoisotopic (exact) mass is 221 g/mol. The summed E-state index contributed by atoms with van der Waals surface area (Å²) in [6, 6.07) is 0.206. The van der Waals surface area contributed by atoms with Crippen molar-refractivity contribution in [2.24, 2.45) is 5.92 Å². The Bertz CT molecular complexity index is 383. The molecular weight excluding hydrogens is 202 g/mol. The first-order valence-electron chi connectivity index (χ1n) is 5.91. The average Bonchev–Trinajstić information content (AvgIpc) is 2.84. The van der Waals surface area contributed by atoms with Crippen molar-refractivity contribution in [3.8, 4) is 0 Å². The Labute approximate surface area is 96.0 Å². The zero-order valence-electron chi connectivity index (χ0n) is 10.2. The Morgan fingerprint density at radius 1 is 1.62 bits per heavy atom. The number of hydrogen-bond acceptors (Lipinski definition) is 2. The topological polar surface area (TPSA) is 49.0 Å². The molecule has 0 spiro atoms. The minimum absolute atomic E-state index is 0.0730. The van der Waals surface area contributed by atoms with E-state index in [1.807, 2.05) is 31.9 Å². The highest BCUT2D eigenvalue weighted by atomic mass is 16.2. The van der Waals surface area contributed by atoms with Crippen molar-refractivity contribution in [2.45, 2.75) is 39.7 Å². The Morgan fingerprint density at radius 3 is 2.94 bits per heavy atom. The van der Waals surface area contributed by atoms with Crippen LogP contribution in [0.25, 0.3) is 0 Å². The maximum atomic E-state index is 12.1. The van der Waals surface area contributed by atoms with Crippen LogP contribution in [0, 0.1) is 12.8 Å². The highest BCUT2D eigenvalue weighted by Crippen LogP contribution is 2.33. The first-order valence-corrected chi connectivity index (χ1v) is 5.91. The molecule has 1 aliphatic heterocycles. The molecule has 1 aromatic heterocycles. The zero-order chi connectivity index (χ0) is 11.7. The number of nitrogens with zero attached hydrogens (tertiary/aromatic N) is 2. The number of nitrogens with one attached hydrogen (secondary N) is 1. The Balaban J connectivity index is 2.22. The summed E-state index contributed by atoms with van der Waals surface area (Å²) in [6.45, 7) is 6.82. The van der Waals surface area contributed by atoms with E-state index in [9.17, 15) is 4.79 Å².